The van der Waals surface area contributed by atoms with E-state index in [4.69, 9.17) is 15.2 Å². The van der Waals surface area contributed by atoms with Crippen molar-refractivity contribution in [3.8, 4) is 11.5 Å². The van der Waals surface area contributed by atoms with Gasteiger partial charge in [0.1, 0.15) is 11.5 Å². The molecule has 2 unspecified atom stereocenters. The average molecular weight is 333 g/mol. The highest BCUT2D eigenvalue weighted by molar-refractivity contribution is 5.64. The molecule has 0 aromatic heterocycles. The van der Waals surface area contributed by atoms with Gasteiger partial charge in [0.2, 0.25) is 0 Å². The third-order valence-electron chi connectivity index (χ3n) is 5.56. The molecule has 1 aromatic carbocycles. The van der Waals surface area contributed by atoms with Gasteiger partial charge in [-0.3, -0.25) is 4.90 Å². The van der Waals surface area contributed by atoms with E-state index in [0.717, 1.165) is 49.8 Å². The van der Waals surface area contributed by atoms with Gasteiger partial charge in [-0.2, -0.15) is 0 Å². The molecule has 5 heteroatoms. The number of methoxy groups -OCH3 is 2. The highest BCUT2D eigenvalue weighted by Gasteiger charge is 2.32. The smallest absolute Gasteiger partial charge is 0.142 e. The first-order valence-electron chi connectivity index (χ1n) is 9.09. The van der Waals surface area contributed by atoms with Crippen molar-refractivity contribution in [2.24, 2.45) is 11.7 Å². The average Bonchev–Trinajstić information content (AvgIpc) is 3.02. The summed E-state index contributed by atoms with van der Waals surface area (Å²) < 4.78 is 11.5. The number of ether oxygens (including phenoxy) is 2. The number of nitrogens with two attached hydrogens (primary N) is 1. The molecular formula is C19H31N3O2. The summed E-state index contributed by atoms with van der Waals surface area (Å²) in [5, 5.41) is 0. The van der Waals surface area contributed by atoms with Crippen molar-refractivity contribution in [1.29, 1.82) is 0 Å². The summed E-state index contributed by atoms with van der Waals surface area (Å²) >= 11 is 0. The van der Waals surface area contributed by atoms with Gasteiger partial charge in [0, 0.05) is 37.3 Å². The number of piperidine rings is 1. The van der Waals surface area contributed by atoms with E-state index in [1.54, 1.807) is 14.2 Å². The first-order valence-corrected chi connectivity index (χ1v) is 9.09. The third kappa shape index (κ3) is 3.33. The number of likely N-dealkylation sites (tertiary alicyclic amines) is 1. The molecule has 0 aliphatic carbocycles. The largest absolute Gasteiger partial charge is 0.496 e. The predicted octanol–water partition coefficient (Wildman–Crippen LogP) is 2.65. The van der Waals surface area contributed by atoms with Crippen LogP contribution in [-0.4, -0.2) is 52.3 Å². The first-order chi connectivity index (χ1) is 11.7. The highest BCUT2D eigenvalue weighted by atomic mass is 16.5. The Hall–Kier alpha value is -1.46. The lowest BCUT2D eigenvalue weighted by Crippen LogP contribution is -2.30. The fourth-order valence-electron chi connectivity index (χ4n) is 4.19. The number of hydrogen-bond acceptors (Lipinski definition) is 5. The number of rotatable bonds is 5. The van der Waals surface area contributed by atoms with Crippen molar-refractivity contribution < 1.29 is 9.47 Å². The van der Waals surface area contributed by atoms with E-state index >= 15 is 0 Å². The van der Waals surface area contributed by atoms with E-state index in [-0.39, 0.29) is 0 Å². The fraction of sp³-hybridized carbons (Fsp3) is 0.684. The van der Waals surface area contributed by atoms with Crippen LogP contribution in [0, 0.1) is 5.92 Å². The fourth-order valence-corrected chi connectivity index (χ4v) is 4.19. The summed E-state index contributed by atoms with van der Waals surface area (Å²) in [7, 11) is 5.70. The van der Waals surface area contributed by atoms with Crippen LogP contribution >= 0.6 is 0 Å². The molecule has 0 amide bonds. The van der Waals surface area contributed by atoms with Crippen molar-refractivity contribution in [2.45, 2.75) is 31.7 Å². The Kier molecular flexibility index (Phi) is 5.51. The second-order valence-corrected chi connectivity index (χ2v) is 7.11. The van der Waals surface area contributed by atoms with Gasteiger partial charge in [-0.15, -0.1) is 0 Å². The normalized spacial score (nSPS) is 25.1. The van der Waals surface area contributed by atoms with Gasteiger partial charge >= 0.3 is 0 Å². The minimum absolute atomic E-state index is 0.345. The Morgan fingerprint density at radius 1 is 1.08 bits per heavy atom. The maximum absolute atomic E-state index is 5.90. The Morgan fingerprint density at radius 3 is 2.38 bits per heavy atom. The summed E-state index contributed by atoms with van der Waals surface area (Å²) in [6.45, 7) is 3.97. The molecule has 0 spiro atoms. The van der Waals surface area contributed by atoms with Crippen molar-refractivity contribution in [2.75, 3.05) is 52.3 Å². The maximum atomic E-state index is 5.90. The molecule has 2 aliphatic rings. The minimum atomic E-state index is 0.345. The second kappa shape index (κ2) is 7.62. The van der Waals surface area contributed by atoms with Gasteiger partial charge in [0.25, 0.3) is 0 Å². The van der Waals surface area contributed by atoms with E-state index in [2.05, 4.69) is 29.0 Å². The molecule has 5 nitrogen and oxygen atoms in total. The van der Waals surface area contributed by atoms with Crippen LogP contribution in [0.5, 0.6) is 11.5 Å². The van der Waals surface area contributed by atoms with Gasteiger partial charge in [0.15, 0.2) is 0 Å². The van der Waals surface area contributed by atoms with E-state index < -0.39 is 0 Å². The molecule has 0 bridgehead atoms. The standard InChI is InChI=1S/C19H31N3O2/c1-21-13-14(12-20)9-16(21)15-10-19(24-3)17(11-18(15)23-2)22-7-5-4-6-8-22/h10-11,14,16H,4-9,12-13,20H2,1-3H3. The van der Waals surface area contributed by atoms with Crippen molar-refractivity contribution in [3.63, 3.8) is 0 Å². The van der Waals surface area contributed by atoms with Crippen LogP contribution in [0.25, 0.3) is 0 Å². The zero-order valence-electron chi connectivity index (χ0n) is 15.3. The van der Waals surface area contributed by atoms with E-state index in [1.165, 1.54) is 24.8 Å². The molecule has 2 N–H and O–H groups in total. The Bertz CT molecular complexity index is 558. The molecule has 3 rings (SSSR count). The van der Waals surface area contributed by atoms with Crippen molar-refractivity contribution in [1.82, 2.24) is 4.90 Å². The van der Waals surface area contributed by atoms with Crippen molar-refractivity contribution >= 4 is 5.69 Å². The molecule has 2 atom stereocenters. The zero-order valence-corrected chi connectivity index (χ0v) is 15.3. The van der Waals surface area contributed by atoms with Crippen LogP contribution in [0.15, 0.2) is 12.1 Å². The lowest BCUT2D eigenvalue weighted by molar-refractivity contribution is 0.301. The second-order valence-electron chi connectivity index (χ2n) is 7.11. The summed E-state index contributed by atoms with van der Waals surface area (Å²) in [6, 6.07) is 4.70. The number of anilines is 1. The van der Waals surface area contributed by atoms with E-state index in [0.29, 0.717) is 12.0 Å². The van der Waals surface area contributed by atoms with Crippen LogP contribution in [0.1, 0.15) is 37.3 Å². The molecule has 0 saturated carbocycles. The summed E-state index contributed by atoms with van der Waals surface area (Å²) in [5.74, 6) is 2.47. The molecule has 134 valence electrons. The molecule has 24 heavy (non-hydrogen) atoms. The molecule has 2 heterocycles. The van der Waals surface area contributed by atoms with E-state index in [1.807, 2.05) is 0 Å². The van der Waals surface area contributed by atoms with Gasteiger partial charge in [0.05, 0.1) is 19.9 Å². The first kappa shape index (κ1) is 17.4. The molecule has 1 aromatic rings. The summed E-state index contributed by atoms with van der Waals surface area (Å²) in [5.41, 5.74) is 8.27. The van der Waals surface area contributed by atoms with Gasteiger partial charge in [-0.1, -0.05) is 0 Å². The van der Waals surface area contributed by atoms with Gasteiger partial charge in [-0.05, 0) is 51.3 Å². The quantitative estimate of drug-likeness (QED) is 0.898. The van der Waals surface area contributed by atoms with Crippen LogP contribution in [0.3, 0.4) is 0 Å². The SMILES string of the molecule is COc1cc(N2CCCCC2)c(OC)cc1C1CC(CN)CN1C. The molecular weight excluding hydrogens is 302 g/mol. The Balaban J connectivity index is 1.95. The number of nitrogens with zero attached hydrogens (tertiary/aromatic N) is 2. The highest BCUT2D eigenvalue weighted by Crippen LogP contribution is 2.44. The van der Waals surface area contributed by atoms with Crippen LogP contribution in [0.2, 0.25) is 0 Å². The number of benzene rings is 1. The minimum Gasteiger partial charge on any atom is -0.496 e. The number of hydrogen-bond donors (Lipinski definition) is 1. The lowest BCUT2D eigenvalue weighted by atomic mass is 9.97. The van der Waals surface area contributed by atoms with Crippen LogP contribution in [-0.2, 0) is 0 Å². The monoisotopic (exact) mass is 333 g/mol. The van der Waals surface area contributed by atoms with Crippen molar-refractivity contribution in [3.05, 3.63) is 17.7 Å². The summed E-state index contributed by atoms with van der Waals surface area (Å²) in [4.78, 5) is 4.81. The van der Waals surface area contributed by atoms with Crippen LogP contribution < -0.4 is 20.1 Å². The molecule has 2 saturated heterocycles. The van der Waals surface area contributed by atoms with Gasteiger partial charge < -0.3 is 20.1 Å². The molecule has 0 radical (unpaired) electrons. The molecule has 2 aliphatic heterocycles. The Labute approximate surface area is 145 Å². The maximum Gasteiger partial charge on any atom is 0.142 e. The predicted molar refractivity (Wildman–Crippen MR) is 98.1 cm³/mol. The Morgan fingerprint density at radius 2 is 1.79 bits per heavy atom. The van der Waals surface area contributed by atoms with E-state index in [9.17, 15) is 0 Å². The van der Waals surface area contributed by atoms with Gasteiger partial charge in [-0.25, -0.2) is 0 Å². The third-order valence-corrected chi connectivity index (χ3v) is 5.56. The lowest BCUT2D eigenvalue weighted by Gasteiger charge is -2.31. The topological polar surface area (TPSA) is 51.0 Å². The summed E-state index contributed by atoms with van der Waals surface area (Å²) in [6.07, 6.45) is 4.89. The molecule has 2 fully saturated rings. The zero-order chi connectivity index (χ0) is 17.1. The van der Waals surface area contributed by atoms with Crippen LogP contribution in [0.4, 0.5) is 5.69 Å².